The number of rotatable bonds is 7. The fourth-order valence-electron chi connectivity index (χ4n) is 2.66. The quantitative estimate of drug-likeness (QED) is 0.637. The summed E-state index contributed by atoms with van der Waals surface area (Å²) in [5.74, 6) is 2.32. The number of nitrogens with zero attached hydrogens (tertiary/aromatic N) is 4. The molecule has 3 aromatic rings. The van der Waals surface area contributed by atoms with Gasteiger partial charge in [0.25, 0.3) is 0 Å². The van der Waals surface area contributed by atoms with Crippen LogP contribution in [0.5, 0.6) is 0 Å². The normalized spacial score (nSPS) is 10.5. The van der Waals surface area contributed by atoms with E-state index in [1.54, 1.807) is 6.20 Å². The zero-order valence-corrected chi connectivity index (χ0v) is 14.9. The van der Waals surface area contributed by atoms with Crippen LogP contribution in [0.15, 0.2) is 49.1 Å². The first-order valence-electron chi connectivity index (χ1n) is 8.50. The van der Waals surface area contributed by atoms with E-state index in [4.69, 9.17) is 0 Å². The molecule has 134 valence electrons. The Morgan fingerprint density at radius 1 is 1.12 bits per heavy atom. The maximum Gasteiger partial charge on any atom is 0.224 e. The summed E-state index contributed by atoms with van der Waals surface area (Å²) in [6.45, 7) is 5.04. The second-order valence-electron chi connectivity index (χ2n) is 6.05. The van der Waals surface area contributed by atoms with Crippen LogP contribution in [0.1, 0.15) is 17.0 Å². The van der Waals surface area contributed by atoms with Crippen molar-refractivity contribution in [2.75, 3.05) is 18.4 Å². The Morgan fingerprint density at radius 3 is 2.77 bits per heavy atom. The highest BCUT2D eigenvalue weighted by atomic mass is 16.1. The van der Waals surface area contributed by atoms with Crippen molar-refractivity contribution in [2.24, 2.45) is 0 Å². The molecule has 0 aliphatic rings. The topological polar surface area (TPSA) is 84.7 Å². The Morgan fingerprint density at radius 2 is 2.00 bits per heavy atom. The number of anilines is 1. The molecule has 1 amide bonds. The van der Waals surface area contributed by atoms with E-state index in [9.17, 15) is 4.79 Å². The van der Waals surface area contributed by atoms with Crippen molar-refractivity contribution >= 4 is 11.7 Å². The van der Waals surface area contributed by atoms with Gasteiger partial charge in [-0.3, -0.25) is 9.36 Å². The molecule has 2 heterocycles. The first-order chi connectivity index (χ1) is 12.6. The average Bonchev–Trinajstić information content (AvgIpc) is 3.05. The van der Waals surface area contributed by atoms with Crippen LogP contribution in [0.2, 0.25) is 0 Å². The van der Waals surface area contributed by atoms with E-state index >= 15 is 0 Å². The van der Waals surface area contributed by atoms with Gasteiger partial charge >= 0.3 is 0 Å². The van der Waals surface area contributed by atoms with E-state index in [2.05, 4.69) is 25.6 Å². The summed E-state index contributed by atoms with van der Waals surface area (Å²) in [5, 5.41) is 6.11. The Hall–Kier alpha value is -3.22. The standard InChI is InChI=1S/C19H22N6O/c1-14-4-3-5-16(10-14)11-19(26)22-7-6-21-17-12-18(24-13-23-17)25-9-8-20-15(25)2/h3-5,8-10,12-13H,6-7,11H2,1-2H3,(H,22,26)(H,21,23,24). The summed E-state index contributed by atoms with van der Waals surface area (Å²) in [7, 11) is 0. The maximum atomic E-state index is 12.0. The van der Waals surface area contributed by atoms with E-state index in [1.165, 1.54) is 6.33 Å². The lowest BCUT2D eigenvalue weighted by atomic mass is 10.1. The van der Waals surface area contributed by atoms with Gasteiger partial charge in [-0.05, 0) is 19.4 Å². The number of imidazole rings is 1. The molecular formula is C19H22N6O. The third kappa shape index (κ3) is 4.66. The number of aryl methyl sites for hydroxylation is 2. The first-order valence-corrected chi connectivity index (χ1v) is 8.50. The molecule has 2 N–H and O–H groups in total. The molecule has 0 atom stereocenters. The molecule has 2 aromatic heterocycles. The van der Waals surface area contributed by atoms with Crippen LogP contribution in [-0.2, 0) is 11.2 Å². The Balaban J connectivity index is 1.46. The molecule has 0 aliphatic carbocycles. The second kappa shape index (κ2) is 8.24. The lowest BCUT2D eigenvalue weighted by Gasteiger charge is -2.09. The van der Waals surface area contributed by atoms with E-state index in [-0.39, 0.29) is 5.91 Å². The van der Waals surface area contributed by atoms with Crippen molar-refractivity contribution in [2.45, 2.75) is 20.3 Å². The maximum absolute atomic E-state index is 12.0. The number of hydrogen-bond acceptors (Lipinski definition) is 5. The monoisotopic (exact) mass is 350 g/mol. The van der Waals surface area contributed by atoms with Gasteiger partial charge in [0.05, 0.1) is 6.42 Å². The number of hydrogen-bond donors (Lipinski definition) is 2. The molecule has 0 aliphatic heterocycles. The highest BCUT2D eigenvalue weighted by molar-refractivity contribution is 5.78. The second-order valence-corrected chi connectivity index (χ2v) is 6.05. The number of nitrogens with one attached hydrogen (secondary N) is 2. The number of amides is 1. The number of carbonyl (C=O) groups is 1. The van der Waals surface area contributed by atoms with Crippen molar-refractivity contribution in [1.29, 1.82) is 0 Å². The molecule has 26 heavy (non-hydrogen) atoms. The van der Waals surface area contributed by atoms with Crippen LogP contribution in [0.25, 0.3) is 5.82 Å². The summed E-state index contributed by atoms with van der Waals surface area (Å²) in [4.78, 5) is 24.7. The van der Waals surface area contributed by atoms with Crippen LogP contribution in [0.3, 0.4) is 0 Å². The molecule has 0 unspecified atom stereocenters. The molecule has 0 spiro atoms. The smallest absolute Gasteiger partial charge is 0.224 e. The molecule has 7 heteroatoms. The predicted molar refractivity (Wildman–Crippen MR) is 100 cm³/mol. The highest BCUT2D eigenvalue weighted by Crippen LogP contribution is 2.10. The van der Waals surface area contributed by atoms with E-state index < -0.39 is 0 Å². The summed E-state index contributed by atoms with van der Waals surface area (Å²) < 4.78 is 1.89. The van der Waals surface area contributed by atoms with Gasteiger partial charge in [0, 0.05) is 31.5 Å². The Kier molecular flexibility index (Phi) is 5.58. The zero-order chi connectivity index (χ0) is 18.4. The molecule has 0 fully saturated rings. The average molecular weight is 350 g/mol. The first kappa shape index (κ1) is 17.6. The predicted octanol–water partition coefficient (Wildman–Crippen LogP) is 2.05. The van der Waals surface area contributed by atoms with E-state index in [1.807, 2.05) is 54.9 Å². The van der Waals surface area contributed by atoms with Gasteiger partial charge < -0.3 is 10.6 Å². The van der Waals surface area contributed by atoms with Crippen LogP contribution in [-0.4, -0.2) is 38.5 Å². The fraction of sp³-hybridized carbons (Fsp3) is 0.263. The van der Waals surface area contributed by atoms with Crippen LogP contribution >= 0.6 is 0 Å². The molecule has 1 aromatic carbocycles. The molecule has 0 bridgehead atoms. The van der Waals surface area contributed by atoms with Crippen molar-refractivity contribution in [3.63, 3.8) is 0 Å². The summed E-state index contributed by atoms with van der Waals surface area (Å²) >= 11 is 0. The fourth-order valence-corrected chi connectivity index (χ4v) is 2.66. The van der Waals surface area contributed by atoms with Crippen LogP contribution in [0, 0.1) is 13.8 Å². The van der Waals surface area contributed by atoms with Crippen molar-refractivity contribution in [3.05, 3.63) is 66.0 Å². The van der Waals surface area contributed by atoms with Crippen molar-refractivity contribution < 1.29 is 4.79 Å². The molecule has 0 saturated heterocycles. The highest BCUT2D eigenvalue weighted by Gasteiger charge is 2.05. The number of aromatic nitrogens is 4. The van der Waals surface area contributed by atoms with Crippen molar-refractivity contribution in [1.82, 2.24) is 24.8 Å². The van der Waals surface area contributed by atoms with Gasteiger partial charge in [-0.1, -0.05) is 29.8 Å². The van der Waals surface area contributed by atoms with E-state index in [0.29, 0.717) is 25.3 Å². The van der Waals surface area contributed by atoms with Gasteiger partial charge in [0.2, 0.25) is 5.91 Å². The Labute approximate surface area is 152 Å². The summed E-state index contributed by atoms with van der Waals surface area (Å²) in [6.07, 6.45) is 5.48. The molecule has 0 saturated carbocycles. The van der Waals surface area contributed by atoms with Gasteiger partial charge in [-0.2, -0.15) is 0 Å². The van der Waals surface area contributed by atoms with E-state index in [0.717, 1.165) is 22.8 Å². The Bertz CT molecular complexity index is 889. The lowest BCUT2D eigenvalue weighted by molar-refractivity contribution is -0.120. The number of benzene rings is 1. The number of carbonyl (C=O) groups excluding carboxylic acids is 1. The minimum Gasteiger partial charge on any atom is -0.368 e. The van der Waals surface area contributed by atoms with Gasteiger partial charge in [-0.15, -0.1) is 0 Å². The third-order valence-corrected chi connectivity index (χ3v) is 3.93. The molecule has 0 radical (unpaired) electrons. The lowest BCUT2D eigenvalue weighted by Crippen LogP contribution is -2.30. The molecule has 7 nitrogen and oxygen atoms in total. The SMILES string of the molecule is Cc1cccc(CC(=O)NCCNc2cc(-n3ccnc3C)ncn2)c1. The molecule has 3 rings (SSSR count). The summed E-state index contributed by atoms with van der Waals surface area (Å²) in [6, 6.07) is 9.83. The minimum atomic E-state index is 0.00909. The van der Waals surface area contributed by atoms with Gasteiger partial charge in [0.1, 0.15) is 23.8 Å². The van der Waals surface area contributed by atoms with Crippen molar-refractivity contribution in [3.8, 4) is 5.82 Å². The summed E-state index contributed by atoms with van der Waals surface area (Å²) in [5.41, 5.74) is 2.18. The minimum absolute atomic E-state index is 0.00909. The molecular weight excluding hydrogens is 328 g/mol. The zero-order valence-electron chi connectivity index (χ0n) is 14.9. The largest absolute Gasteiger partial charge is 0.368 e. The van der Waals surface area contributed by atoms with Crippen LogP contribution < -0.4 is 10.6 Å². The van der Waals surface area contributed by atoms with Gasteiger partial charge in [0.15, 0.2) is 0 Å². The van der Waals surface area contributed by atoms with Crippen LogP contribution in [0.4, 0.5) is 5.82 Å². The van der Waals surface area contributed by atoms with Gasteiger partial charge in [-0.25, -0.2) is 15.0 Å². The third-order valence-electron chi connectivity index (χ3n) is 3.93.